The van der Waals surface area contributed by atoms with E-state index in [0.717, 1.165) is 17.7 Å². The monoisotopic (exact) mass is 497 g/mol. The van der Waals surface area contributed by atoms with E-state index in [1.54, 1.807) is 6.92 Å². The first-order chi connectivity index (χ1) is 15.7. The van der Waals surface area contributed by atoms with Gasteiger partial charge in [0.1, 0.15) is 6.61 Å². The average molecular weight is 497 g/mol. The number of benzene rings is 1. The zero-order valence-corrected chi connectivity index (χ0v) is 21.5. The van der Waals surface area contributed by atoms with Crippen LogP contribution in [0, 0.1) is 11.6 Å². The van der Waals surface area contributed by atoms with Gasteiger partial charge in [0.2, 0.25) is 5.60 Å². The van der Waals surface area contributed by atoms with Gasteiger partial charge in [-0.15, -0.1) is 4.52 Å². The first-order valence-corrected chi connectivity index (χ1v) is 11.4. The van der Waals surface area contributed by atoms with Gasteiger partial charge in [0.05, 0.1) is 29.0 Å². The number of ether oxygens (including phenoxy) is 1. The molecule has 0 amide bonds. The molecule has 8 nitrogen and oxygen atoms in total. The maximum absolute atomic E-state index is 13.9. The Morgan fingerprint density at radius 1 is 1.21 bits per heavy atom. The van der Waals surface area contributed by atoms with Crippen LogP contribution < -0.4 is 40.0 Å². The Kier molecular flexibility index (Phi) is 6.52. The first kappa shape index (κ1) is 25.0. The number of pyridine rings is 2. The van der Waals surface area contributed by atoms with Crippen LogP contribution in [0.2, 0.25) is 0 Å². The molecule has 1 aromatic carbocycles. The molecule has 12 heteroatoms. The van der Waals surface area contributed by atoms with Crippen LogP contribution in [0.15, 0.2) is 23.0 Å². The summed E-state index contributed by atoms with van der Waals surface area (Å²) in [7, 11) is -3.44. The molecule has 1 unspecified atom stereocenters. The normalized spacial score (nSPS) is 18.6. The molecule has 0 saturated heterocycles. The van der Waals surface area contributed by atoms with Crippen molar-refractivity contribution in [3.05, 3.63) is 62.4 Å². The molecule has 0 bridgehead atoms. The summed E-state index contributed by atoms with van der Waals surface area (Å²) in [4.78, 5) is 42.0. The SMILES string of the molecule is CCc1c2c(nc3cc(F)c(F)cc13)-c1cc3c(c(=O)n1C2)COC(=O)[C@@]3(CC)O[P+](=O)[O-].[Na+]. The molecule has 5 rings (SSSR count). The smallest absolute Gasteiger partial charge is 0.566 e. The van der Waals surface area contributed by atoms with Gasteiger partial charge in [0, 0.05) is 22.6 Å². The number of hydrogen-bond donors (Lipinski definition) is 0. The molecule has 3 aromatic rings. The predicted octanol–water partition coefficient (Wildman–Crippen LogP) is -0.0338. The van der Waals surface area contributed by atoms with Gasteiger partial charge in [-0.3, -0.25) is 4.79 Å². The van der Waals surface area contributed by atoms with E-state index >= 15 is 0 Å². The molecular formula is C22H17F2N2NaO6P+. The standard InChI is InChI=1S/C22H17F2N2O6P.Na/c1-3-10-11-5-15(23)16(24)7-17(11)25-19-12(10)8-26-18(19)6-14-13(20(26)27)9-31-21(28)22(14,4-2)32-33(29)30;/h5-7H,3-4,8-9H2,1-2H3;/q;+1/t22-;/m0./s1. The van der Waals surface area contributed by atoms with E-state index in [1.807, 2.05) is 6.92 Å². The van der Waals surface area contributed by atoms with Crippen LogP contribution in [0.5, 0.6) is 0 Å². The molecule has 2 atom stereocenters. The van der Waals surface area contributed by atoms with Crippen molar-refractivity contribution in [1.29, 1.82) is 0 Å². The number of aromatic nitrogens is 2. The maximum atomic E-state index is 13.9. The third-order valence-corrected chi connectivity index (χ3v) is 6.86. The third-order valence-electron chi connectivity index (χ3n) is 6.40. The Hall–Kier alpha value is -2.07. The fraction of sp³-hybridized carbons (Fsp3) is 0.318. The fourth-order valence-corrected chi connectivity index (χ4v) is 5.38. The van der Waals surface area contributed by atoms with E-state index in [1.165, 1.54) is 10.6 Å². The largest absolute Gasteiger partial charge is 1.00 e. The van der Waals surface area contributed by atoms with Crippen LogP contribution in [0.25, 0.3) is 22.3 Å². The van der Waals surface area contributed by atoms with Crippen LogP contribution in [0.3, 0.4) is 0 Å². The molecule has 0 saturated carbocycles. The van der Waals surface area contributed by atoms with Crippen molar-refractivity contribution in [1.82, 2.24) is 9.55 Å². The van der Waals surface area contributed by atoms with Gasteiger partial charge in [-0.2, -0.15) is 0 Å². The molecule has 2 aliphatic heterocycles. The van der Waals surface area contributed by atoms with Gasteiger partial charge in [0.25, 0.3) is 5.56 Å². The Balaban J connectivity index is 0.00000274. The van der Waals surface area contributed by atoms with Crippen LogP contribution in [0.4, 0.5) is 8.78 Å². The molecule has 4 heterocycles. The minimum absolute atomic E-state index is 0. The van der Waals surface area contributed by atoms with Crippen molar-refractivity contribution < 1.29 is 61.9 Å². The zero-order chi connectivity index (χ0) is 23.7. The molecule has 0 N–H and O–H groups in total. The van der Waals surface area contributed by atoms with Crippen LogP contribution >= 0.6 is 8.25 Å². The summed E-state index contributed by atoms with van der Waals surface area (Å²) in [6.07, 6.45) is 0.392. The van der Waals surface area contributed by atoms with Crippen molar-refractivity contribution in [3.63, 3.8) is 0 Å². The summed E-state index contributed by atoms with van der Waals surface area (Å²) in [6.45, 7) is 3.23. The summed E-state index contributed by atoms with van der Waals surface area (Å²) in [5.74, 6) is -2.94. The molecule has 0 radical (unpaired) electrons. The molecule has 0 aliphatic carbocycles. The number of carbonyl (C=O) groups is 1. The molecule has 34 heavy (non-hydrogen) atoms. The number of cyclic esters (lactones) is 1. The Bertz CT molecular complexity index is 1460. The van der Waals surface area contributed by atoms with E-state index in [0.29, 0.717) is 28.8 Å². The van der Waals surface area contributed by atoms with Crippen molar-refractivity contribution >= 4 is 25.1 Å². The summed E-state index contributed by atoms with van der Waals surface area (Å²) in [6, 6.07) is 3.62. The summed E-state index contributed by atoms with van der Waals surface area (Å²) < 4.78 is 50.9. The molecular weight excluding hydrogens is 480 g/mol. The Morgan fingerprint density at radius 3 is 2.56 bits per heavy atom. The van der Waals surface area contributed by atoms with Crippen LogP contribution in [0.1, 0.15) is 42.5 Å². The number of esters is 1. The van der Waals surface area contributed by atoms with Gasteiger partial charge in [0.15, 0.2) is 11.6 Å². The van der Waals surface area contributed by atoms with Crippen molar-refractivity contribution in [2.24, 2.45) is 0 Å². The number of aryl methyl sites for hydroxylation is 1. The second-order valence-electron chi connectivity index (χ2n) is 7.94. The quantitative estimate of drug-likeness (QED) is 0.221. The fourth-order valence-electron chi connectivity index (χ4n) is 4.83. The molecule has 2 aliphatic rings. The van der Waals surface area contributed by atoms with Crippen molar-refractivity contribution in [2.45, 2.75) is 45.4 Å². The van der Waals surface area contributed by atoms with Crippen molar-refractivity contribution in [2.75, 3.05) is 0 Å². The van der Waals surface area contributed by atoms with E-state index < -0.39 is 37.0 Å². The average Bonchev–Trinajstić information content (AvgIpc) is 3.13. The number of carbonyl (C=O) groups excluding carboxylic acids is 1. The zero-order valence-electron chi connectivity index (χ0n) is 18.6. The second kappa shape index (κ2) is 8.86. The van der Waals surface area contributed by atoms with Crippen LogP contribution in [-0.2, 0) is 43.8 Å². The Labute approximate surface area is 215 Å². The predicted molar refractivity (Wildman–Crippen MR) is 110 cm³/mol. The first-order valence-electron chi connectivity index (χ1n) is 10.3. The van der Waals surface area contributed by atoms with E-state index in [4.69, 9.17) is 9.26 Å². The molecule has 0 spiro atoms. The van der Waals surface area contributed by atoms with Gasteiger partial charge >= 0.3 is 43.8 Å². The van der Waals surface area contributed by atoms with Gasteiger partial charge < -0.3 is 14.2 Å². The molecule has 170 valence electrons. The van der Waals surface area contributed by atoms with E-state index in [9.17, 15) is 27.8 Å². The summed E-state index contributed by atoms with van der Waals surface area (Å²) in [5.41, 5.74) is 0.123. The minimum Gasteiger partial charge on any atom is -0.566 e. The Morgan fingerprint density at radius 2 is 1.91 bits per heavy atom. The minimum atomic E-state index is -3.44. The number of hydrogen-bond acceptors (Lipinski definition) is 7. The summed E-state index contributed by atoms with van der Waals surface area (Å²) >= 11 is 0. The number of rotatable bonds is 4. The number of halogens is 2. The molecule has 0 fully saturated rings. The van der Waals surface area contributed by atoms with Crippen molar-refractivity contribution in [3.8, 4) is 11.4 Å². The maximum Gasteiger partial charge on any atom is 1.00 e. The molecule has 2 aromatic heterocycles. The topological polar surface area (TPSA) is 111 Å². The van der Waals surface area contributed by atoms with E-state index in [-0.39, 0.29) is 65.8 Å². The number of fused-ring (bicyclic) bond motifs is 5. The second-order valence-corrected chi connectivity index (χ2v) is 8.57. The van der Waals surface area contributed by atoms with Gasteiger partial charge in [-0.1, -0.05) is 13.8 Å². The van der Waals surface area contributed by atoms with Crippen LogP contribution in [-0.4, -0.2) is 15.5 Å². The summed E-state index contributed by atoms with van der Waals surface area (Å²) in [5, 5.41) is 0.453. The third kappa shape index (κ3) is 3.47. The van der Waals surface area contributed by atoms with Gasteiger partial charge in [-0.05, 0) is 35.1 Å². The number of nitrogens with zero attached hydrogens (tertiary/aromatic N) is 2. The van der Waals surface area contributed by atoms with Gasteiger partial charge in [-0.25, -0.2) is 18.6 Å². The van der Waals surface area contributed by atoms with E-state index in [2.05, 4.69) is 4.98 Å².